The van der Waals surface area contributed by atoms with Gasteiger partial charge < -0.3 is 25.6 Å². The number of carbonyl (C=O) groups is 5. The lowest BCUT2D eigenvalue weighted by Crippen LogP contribution is -2.59. The third-order valence-corrected chi connectivity index (χ3v) is 10.5. The van der Waals surface area contributed by atoms with Gasteiger partial charge >= 0.3 is 6.09 Å². The van der Waals surface area contributed by atoms with Crippen molar-refractivity contribution >= 4 is 29.6 Å². The average molecular weight is 601 g/mol. The summed E-state index contributed by atoms with van der Waals surface area (Å²) in [5.74, 6) is -2.13. The van der Waals surface area contributed by atoms with Crippen molar-refractivity contribution in [2.45, 2.75) is 123 Å². The predicted molar refractivity (Wildman–Crippen MR) is 163 cm³/mol. The quantitative estimate of drug-likeness (QED) is 0.230. The molecule has 6 atom stereocenters. The van der Waals surface area contributed by atoms with Crippen molar-refractivity contribution in [2.75, 3.05) is 13.1 Å². The van der Waals surface area contributed by atoms with E-state index in [0.29, 0.717) is 19.4 Å². The number of piperidine rings is 1. The van der Waals surface area contributed by atoms with Crippen LogP contribution >= 0.6 is 0 Å². The van der Waals surface area contributed by atoms with E-state index in [1.54, 1.807) is 4.90 Å². The molecule has 240 valence electrons. The second-order valence-corrected chi connectivity index (χ2v) is 14.6. The Morgan fingerprint density at radius 2 is 1.72 bits per heavy atom. The van der Waals surface area contributed by atoms with Gasteiger partial charge in [-0.3, -0.25) is 19.2 Å². The van der Waals surface area contributed by atoms with Crippen molar-refractivity contribution in [3.8, 4) is 0 Å². The zero-order valence-electron chi connectivity index (χ0n) is 26.7. The molecule has 4 fully saturated rings. The van der Waals surface area contributed by atoms with Crippen LogP contribution in [0.2, 0.25) is 0 Å². The van der Waals surface area contributed by atoms with Gasteiger partial charge in [-0.05, 0) is 67.1 Å². The van der Waals surface area contributed by atoms with Gasteiger partial charge in [0.05, 0.1) is 6.04 Å². The molecule has 10 heteroatoms. The van der Waals surface area contributed by atoms with Crippen molar-refractivity contribution < 1.29 is 28.7 Å². The molecule has 43 heavy (non-hydrogen) atoms. The molecule has 3 aliphatic carbocycles. The number of alkyl carbamates (subject to hydrolysis) is 1. The molecule has 3 saturated carbocycles. The molecule has 0 aromatic rings. The summed E-state index contributed by atoms with van der Waals surface area (Å²) >= 11 is 0. The average Bonchev–Trinajstić information content (AvgIpc) is 3.27. The summed E-state index contributed by atoms with van der Waals surface area (Å²) < 4.78 is 5.79. The zero-order valence-corrected chi connectivity index (χ0v) is 26.7. The van der Waals surface area contributed by atoms with E-state index in [1.165, 1.54) is 6.08 Å². The number of nitrogens with zero attached hydrogens (tertiary/aromatic N) is 1. The molecule has 1 saturated heterocycles. The second kappa shape index (κ2) is 13.4. The Kier molecular flexibility index (Phi) is 10.3. The van der Waals surface area contributed by atoms with E-state index in [0.717, 1.165) is 51.4 Å². The number of hydrogen-bond acceptors (Lipinski definition) is 6. The van der Waals surface area contributed by atoms with Crippen LogP contribution in [0.4, 0.5) is 4.79 Å². The van der Waals surface area contributed by atoms with Crippen LogP contribution in [0.5, 0.6) is 0 Å². The highest BCUT2D eigenvalue weighted by atomic mass is 16.6. The number of ketones is 1. The van der Waals surface area contributed by atoms with Gasteiger partial charge in [-0.25, -0.2) is 4.79 Å². The summed E-state index contributed by atoms with van der Waals surface area (Å²) in [6, 6.07) is -2.55. The summed E-state index contributed by atoms with van der Waals surface area (Å²) in [6.45, 7) is 14.5. The Bertz CT molecular complexity index is 1100. The monoisotopic (exact) mass is 600 g/mol. The number of carbonyl (C=O) groups excluding carboxylic acids is 5. The van der Waals surface area contributed by atoms with Crippen LogP contribution in [0.15, 0.2) is 12.7 Å². The van der Waals surface area contributed by atoms with Crippen LogP contribution in [-0.2, 0) is 23.9 Å². The number of amides is 4. The van der Waals surface area contributed by atoms with Crippen LogP contribution < -0.4 is 16.0 Å². The van der Waals surface area contributed by atoms with Crippen molar-refractivity contribution in [3.63, 3.8) is 0 Å². The Labute approximate surface area is 256 Å². The predicted octanol–water partition coefficient (Wildman–Crippen LogP) is 3.88. The number of hydrogen-bond donors (Lipinski definition) is 3. The first-order valence-corrected chi connectivity index (χ1v) is 16.3. The van der Waals surface area contributed by atoms with E-state index in [-0.39, 0.29) is 47.1 Å². The number of rotatable bonds is 12. The van der Waals surface area contributed by atoms with Gasteiger partial charge in [0.25, 0.3) is 5.91 Å². The van der Waals surface area contributed by atoms with Crippen LogP contribution in [-0.4, -0.2) is 71.8 Å². The molecule has 10 nitrogen and oxygen atoms in total. The third kappa shape index (κ3) is 7.43. The summed E-state index contributed by atoms with van der Waals surface area (Å²) in [5, 5.41) is 8.27. The summed E-state index contributed by atoms with van der Waals surface area (Å²) in [7, 11) is 0. The molecule has 1 heterocycles. The maximum Gasteiger partial charge on any atom is 0.408 e. The molecular weight excluding hydrogens is 548 g/mol. The fourth-order valence-corrected chi connectivity index (χ4v) is 7.85. The molecule has 0 aromatic heterocycles. The molecule has 1 aliphatic heterocycles. The molecule has 4 aliphatic rings. The number of ether oxygens (including phenoxy) is 1. The van der Waals surface area contributed by atoms with Crippen molar-refractivity contribution in [1.29, 1.82) is 0 Å². The highest BCUT2D eigenvalue weighted by molar-refractivity contribution is 6.38. The molecule has 4 rings (SSSR count). The van der Waals surface area contributed by atoms with Crippen molar-refractivity contribution in [3.05, 3.63) is 12.7 Å². The van der Waals surface area contributed by atoms with E-state index in [4.69, 9.17) is 4.74 Å². The second-order valence-electron chi connectivity index (χ2n) is 14.6. The minimum Gasteiger partial charge on any atom is -0.446 e. The Balaban J connectivity index is 1.52. The summed E-state index contributed by atoms with van der Waals surface area (Å²) in [5.41, 5.74) is -0.0107. The first-order valence-electron chi connectivity index (χ1n) is 16.3. The maximum absolute atomic E-state index is 14.3. The summed E-state index contributed by atoms with van der Waals surface area (Å²) in [6.07, 6.45) is 8.92. The number of likely N-dealkylation sites (tertiary alicyclic amines) is 1. The van der Waals surface area contributed by atoms with Gasteiger partial charge in [0.1, 0.15) is 18.2 Å². The minimum atomic E-state index is -0.988. The Hall–Kier alpha value is -2.91. The van der Waals surface area contributed by atoms with E-state index in [9.17, 15) is 24.0 Å². The smallest absolute Gasteiger partial charge is 0.408 e. The van der Waals surface area contributed by atoms with Gasteiger partial charge in [0, 0.05) is 13.1 Å². The summed E-state index contributed by atoms with van der Waals surface area (Å²) in [4.78, 5) is 68.3. The van der Waals surface area contributed by atoms with E-state index < -0.39 is 41.8 Å². The first-order chi connectivity index (χ1) is 20.3. The molecule has 4 amide bonds. The normalized spacial score (nSPS) is 28.6. The lowest BCUT2D eigenvalue weighted by molar-refractivity contribution is -0.145. The van der Waals surface area contributed by atoms with Gasteiger partial charge in [-0.1, -0.05) is 66.4 Å². The Morgan fingerprint density at radius 3 is 2.33 bits per heavy atom. The van der Waals surface area contributed by atoms with Crippen LogP contribution in [0.1, 0.15) is 98.8 Å². The topological polar surface area (TPSA) is 134 Å². The highest BCUT2D eigenvalue weighted by Crippen LogP contribution is 2.65. The molecule has 0 radical (unpaired) electrons. The van der Waals surface area contributed by atoms with Gasteiger partial charge in [-0.2, -0.15) is 0 Å². The number of Topliss-reactive ketones (excluding diaryl/α,β-unsaturated/α-hetero) is 1. The van der Waals surface area contributed by atoms with Gasteiger partial charge in [0.2, 0.25) is 17.6 Å². The van der Waals surface area contributed by atoms with E-state index >= 15 is 0 Å². The molecule has 0 spiro atoms. The van der Waals surface area contributed by atoms with Crippen LogP contribution in [0, 0.1) is 28.6 Å². The fourth-order valence-electron chi connectivity index (χ4n) is 7.85. The molecule has 3 N–H and O–H groups in total. The first kappa shape index (κ1) is 33.0. The lowest BCUT2D eigenvalue weighted by atomic mass is 9.83. The van der Waals surface area contributed by atoms with Crippen LogP contribution in [0.3, 0.4) is 0 Å². The Morgan fingerprint density at radius 1 is 1.02 bits per heavy atom. The lowest BCUT2D eigenvalue weighted by Gasteiger charge is -2.37. The number of nitrogens with one attached hydrogen (secondary N) is 3. The van der Waals surface area contributed by atoms with E-state index in [2.05, 4.69) is 50.2 Å². The van der Waals surface area contributed by atoms with Crippen molar-refractivity contribution in [1.82, 2.24) is 20.9 Å². The largest absolute Gasteiger partial charge is 0.446 e. The standard InChI is InChI=1S/C33H52N4O6/c1-7-12-23(27(38)29(40)34-17-8-2)35-28(39)26-24-22(33(24,5)6)19-37(26)30(41)25(20-13-10-9-11-14-20)36-31(42)43-21-15-16-32(3,4)18-21/h8,20-26H,2,7,9-19H2,1,3-6H3,(H,34,40)(H,35,39)(H,36,42)/t21?,22-,23?,24-,25?,26-/m0/s1. The molecule has 3 unspecified atom stereocenters. The fraction of sp³-hybridized carbons (Fsp3) is 0.788. The SMILES string of the molecule is C=CCNC(=O)C(=O)C(CCC)NC(=O)[C@@H]1[C@@H]2[C@H](CN1C(=O)C(NC(=O)OC1CCC(C)(C)C1)C1CCCCC1)C2(C)C. The van der Waals surface area contributed by atoms with Gasteiger partial charge in [0.15, 0.2) is 0 Å². The third-order valence-electron chi connectivity index (χ3n) is 10.5. The highest BCUT2D eigenvalue weighted by Gasteiger charge is 2.69. The number of fused-ring (bicyclic) bond motifs is 1. The molecular formula is C33H52N4O6. The molecule has 0 bridgehead atoms. The van der Waals surface area contributed by atoms with Crippen LogP contribution in [0.25, 0.3) is 0 Å². The maximum atomic E-state index is 14.3. The molecule has 0 aromatic carbocycles. The zero-order chi connectivity index (χ0) is 31.5. The van der Waals surface area contributed by atoms with Gasteiger partial charge in [-0.15, -0.1) is 6.58 Å². The minimum absolute atomic E-state index is 0.0366. The van der Waals surface area contributed by atoms with E-state index in [1.807, 2.05) is 6.92 Å². The van der Waals surface area contributed by atoms with Crippen molar-refractivity contribution in [2.24, 2.45) is 28.6 Å².